The van der Waals surface area contributed by atoms with E-state index in [4.69, 9.17) is 9.47 Å². The highest BCUT2D eigenvalue weighted by Crippen LogP contribution is 2.16. The second-order valence-corrected chi connectivity index (χ2v) is 7.86. The first-order chi connectivity index (χ1) is 16.6. The van der Waals surface area contributed by atoms with Gasteiger partial charge in [-0.05, 0) is 73.5 Å². The van der Waals surface area contributed by atoms with Gasteiger partial charge >= 0.3 is 0 Å². The van der Waals surface area contributed by atoms with E-state index < -0.39 is 0 Å². The second-order valence-electron chi connectivity index (χ2n) is 7.86. The van der Waals surface area contributed by atoms with Crippen LogP contribution in [0.5, 0.6) is 11.5 Å². The summed E-state index contributed by atoms with van der Waals surface area (Å²) in [6, 6.07) is 23.5. The molecule has 0 radical (unpaired) electrons. The van der Waals surface area contributed by atoms with Crippen LogP contribution in [0.2, 0.25) is 0 Å². The number of nitrogens with one attached hydrogen (secondary N) is 1. The molecule has 0 bridgehead atoms. The highest BCUT2D eigenvalue weighted by molar-refractivity contribution is 6.04. The van der Waals surface area contributed by atoms with E-state index in [0.717, 1.165) is 31.7 Å². The van der Waals surface area contributed by atoms with Crippen LogP contribution in [0.15, 0.2) is 78.9 Å². The molecule has 0 aromatic heterocycles. The van der Waals surface area contributed by atoms with Gasteiger partial charge in [-0.2, -0.15) is 0 Å². The minimum absolute atomic E-state index is 0.0198. The molecule has 178 valence electrons. The highest BCUT2D eigenvalue weighted by atomic mass is 16.5. The molecule has 6 nitrogen and oxygen atoms in total. The first-order valence-electron chi connectivity index (χ1n) is 11.7. The van der Waals surface area contributed by atoms with Crippen LogP contribution in [0.25, 0.3) is 0 Å². The van der Waals surface area contributed by atoms with Crippen LogP contribution in [0.4, 0.5) is 5.69 Å². The van der Waals surface area contributed by atoms with Gasteiger partial charge in [0.15, 0.2) is 0 Å². The van der Waals surface area contributed by atoms with Gasteiger partial charge < -0.3 is 19.7 Å². The average molecular weight is 461 g/mol. The largest absolute Gasteiger partial charge is 0.490 e. The van der Waals surface area contributed by atoms with Gasteiger partial charge in [0, 0.05) is 29.9 Å². The Morgan fingerprint density at radius 2 is 1.24 bits per heavy atom. The third-order valence-corrected chi connectivity index (χ3v) is 5.14. The van der Waals surface area contributed by atoms with Gasteiger partial charge in [0.1, 0.15) is 24.7 Å². The Morgan fingerprint density at radius 1 is 0.706 bits per heavy atom. The first kappa shape index (κ1) is 24.8. The van der Waals surface area contributed by atoms with E-state index in [-0.39, 0.29) is 11.8 Å². The Balaban J connectivity index is 1.48. The number of hydrogen-bond donors (Lipinski definition) is 1. The molecule has 6 heteroatoms. The molecule has 2 amide bonds. The van der Waals surface area contributed by atoms with Gasteiger partial charge in [-0.1, -0.05) is 32.0 Å². The van der Waals surface area contributed by atoms with Crippen molar-refractivity contribution in [1.29, 1.82) is 0 Å². The van der Waals surface area contributed by atoms with Gasteiger partial charge in [-0.15, -0.1) is 0 Å². The summed E-state index contributed by atoms with van der Waals surface area (Å²) in [5.41, 5.74) is 1.78. The molecule has 0 aliphatic rings. The molecule has 0 spiro atoms. The van der Waals surface area contributed by atoms with Crippen molar-refractivity contribution in [1.82, 2.24) is 4.90 Å². The molecule has 0 aliphatic carbocycles. The van der Waals surface area contributed by atoms with E-state index in [1.165, 1.54) is 0 Å². The predicted molar refractivity (Wildman–Crippen MR) is 135 cm³/mol. The summed E-state index contributed by atoms with van der Waals surface area (Å²) in [5.74, 6) is 1.26. The second kappa shape index (κ2) is 13.0. The zero-order chi connectivity index (χ0) is 24.2. The molecular weight excluding hydrogens is 428 g/mol. The van der Waals surface area contributed by atoms with Crippen molar-refractivity contribution in [2.75, 3.05) is 31.6 Å². The number of amides is 2. The number of carbonyl (C=O) groups excluding carboxylic acids is 2. The number of hydrogen-bond acceptors (Lipinski definition) is 4. The fraction of sp³-hybridized carbons (Fsp3) is 0.286. The molecule has 3 rings (SSSR count). The lowest BCUT2D eigenvalue weighted by Gasteiger charge is -2.21. The SMILES string of the molecule is CCCN(CCC)C(=O)c1ccc(NC(=O)c2ccc(OCCOc3ccccc3)cc2)cc1. The Kier molecular flexibility index (Phi) is 9.52. The van der Waals surface area contributed by atoms with E-state index in [9.17, 15) is 9.59 Å². The molecule has 0 unspecified atom stereocenters. The molecule has 34 heavy (non-hydrogen) atoms. The van der Waals surface area contributed by atoms with E-state index >= 15 is 0 Å². The van der Waals surface area contributed by atoms with Crippen molar-refractivity contribution in [2.24, 2.45) is 0 Å². The number of rotatable bonds is 12. The number of para-hydroxylation sites is 1. The van der Waals surface area contributed by atoms with Crippen LogP contribution >= 0.6 is 0 Å². The minimum Gasteiger partial charge on any atom is -0.490 e. The fourth-order valence-corrected chi connectivity index (χ4v) is 3.47. The Labute approximate surface area is 201 Å². The minimum atomic E-state index is -0.225. The maximum atomic E-state index is 12.7. The number of anilines is 1. The predicted octanol–water partition coefficient (Wildman–Crippen LogP) is 5.66. The van der Waals surface area contributed by atoms with Crippen molar-refractivity contribution >= 4 is 17.5 Å². The Bertz CT molecular complexity index is 1030. The summed E-state index contributed by atoms with van der Waals surface area (Å²) in [7, 11) is 0. The van der Waals surface area contributed by atoms with E-state index in [0.29, 0.717) is 35.8 Å². The summed E-state index contributed by atoms with van der Waals surface area (Å²) in [6.45, 7) is 6.44. The molecule has 1 N–H and O–H groups in total. The van der Waals surface area contributed by atoms with Crippen molar-refractivity contribution in [3.8, 4) is 11.5 Å². The van der Waals surface area contributed by atoms with Crippen molar-refractivity contribution in [3.63, 3.8) is 0 Å². The molecule has 0 saturated carbocycles. The summed E-state index contributed by atoms with van der Waals surface area (Å²) >= 11 is 0. The van der Waals surface area contributed by atoms with Crippen molar-refractivity contribution < 1.29 is 19.1 Å². The van der Waals surface area contributed by atoms with Gasteiger partial charge in [0.25, 0.3) is 11.8 Å². The Morgan fingerprint density at radius 3 is 1.79 bits per heavy atom. The normalized spacial score (nSPS) is 10.4. The van der Waals surface area contributed by atoms with E-state index in [1.807, 2.05) is 35.2 Å². The number of nitrogens with zero attached hydrogens (tertiary/aromatic N) is 1. The van der Waals surface area contributed by atoms with Gasteiger partial charge in [0.05, 0.1) is 0 Å². The molecule has 3 aromatic rings. The third-order valence-electron chi connectivity index (χ3n) is 5.14. The monoisotopic (exact) mass is 460 g/mol. The number of carbonyl (C=O) groups is 2. The topological polar surface area (TPSA) is 67.9 Å². The lowest BCUT2D eigenvalue weighted by Crippen LogP contribution is -2.32. The molecule has 0 saturated heterocycles. The van der Waals surface area contributed by atoms with Crippen LogP contribution < -0.4 is 14.8 Å². The van der Waals surface area contributed by atoms with E-state index in [1.54, 1.807) is 48.5 Å². The van der Waals surface area contributed by atoms with Gasteiger partial charge in [0.2, 0.25) is 0 Å². The maximum Gasteiger partial charge on any atom is 0.255 e. The molecule has 3 aromatic carbocycles. The molecular formula is C28H32N2O4. The molecule has 0 fully saturated rings. The lowest BCUT2D eigenvalue weighted by molar-refractivity contribution is 0.0755. The highest BCUT2D eigenvalue weighted by Gasteiger charge is 2.14. The first-order valence-corrected chi connectivity index (χ1v) is 11.7. The van der Waals surface area contributed by atoms with Gasteiger partial charge in [-0.3, -0.25) is 9.59 Å². The molecule has 0 heterocycles. The zero-order valence-corrected chi connectivity index (χ0v) is 19.8. The summed E-state index contributed by atoms with van der Waals surface area (Å²) in [6.07, 6.45) is 1.84. The van der Waals surface area contributed by atoms with E-state index in [2.05, 4.69) is 19.2 Å². The fourth-order valence-electron chi connectivity index (χ4n) is 3.47. The number of ether oxygens (including phenoxy) is 2. The van der Waals surface area contributed by atoms with Crippen LogP contribution in [-0.2, 0) is 0 Å². The average Bonchev–Trinajstić information content (AvgIpc) is 2.87. The van der Waals surface area contributed by atoms with Crippen molar-refractivity contribution in [3.05, 3.63) is 90.0 Å². The lowest BCUT2D eigenvalue weighted by atomic mass is 10.1. The smallest absolute Gasteiger partial charge is 0.255 e. The quantitative estimate of drug-likeness (QED) is 0.354. The molecule has 0 aliphatic heterocycles. The van der Waals surface area contributed by atoms with Crippen LogP contribution in [0.3, 0.4) is 0 Å². The maximum absolute atomic E-state index is 12.7. The Hall–Kier alpha value is -3.80. The van der Waals surface area contributed by atoms with Gasteiger partial charge in [-0.25, -0.2) is 0 Å². The van der Waals surface area contributed by atoms with Crippen molar-refractivity contribution in [2.45, 2.75) is 26.7 Å². The van der Waals surface area contributed by atoms with Crippen LogP contribution in [0, 0.1) is 0 Å². The summed E-state index contributed by atoms with van der Waals surface area (Å²) < 4.78 is 11.3. The third kappa shape index (κ3) is 7.37. The molecule has 0 atom stereocenters. The standard InChI is InChI=1S/C28H32N2O4/c1-3-18-30(19-4-2)28(32)23-10-14-24(15-11-23)29-27(31)22-12-16-26(17-13-22)34-21-20-33-25-8-6-5-7-9-25/h5-17H,3-4,18-21H2,1-2H3,(H,29,31). The van der Waals surface area contributed by atoms with Crippen LogP contribution in [-0.4, -0.2) is 43.0 Å². The number of benzene rings is 3. The summed E-state index contributed by atoms with van der Waals surface area (Å²) in [4.78, 5) is 27.2. The zero-order valence-electron chi connectivity index (χ0n) is 19.8. The van der Waals surface area contributed by atoms with Crippen LogP contribution in [0.1, 0.15) is 47.4 Å². The summed E-state index contributed by atoms with van der Waals surface area (Å²) in [5, 5.41) is 2.87.